The Morgan fingerprint density at radius 1 is 1.50 bits per heavy atom. The van der Waals surface area contributed by atoms with Crippen molar-refractivity contribution in [2.75, 3.05) is 33.9 Å². The fraction of sp³-hybridized carbons (Fsp3) is 0.923. The van der Waals surface area contributed by atoms with Crippen LogP contribution in [-0.2, 0) is 9.53 Å². The van der Waals surface area contributed by atoms with E-state index in [4.69, 9.17) is 10.5 Å². The highest BCUT2D eigenvalue weighted by Crippen LogP contribution is 2.24. The summed E-state index contributed by atoms with van der Waals surface area (Å²) in [7, 11) is 3.77. The van der Waals surface area contributed by atoms with Crippen LogP contribution in [0.4, 0.5) is 0 Å². The third-order valence-electron chi connectivity index (χ3n) is 3.54. The minimum atomic E-state index is -0.552. The van der Waals surface area contributed by atoms with E-state index >= 15 is 0 Å². The number of hydrogen-bond donors (Lipinski definition) is 2. The Bertz CT molecular complexity index is 269. The molecule has 0 heterocycles. The minimum absolute atomic E-state index is 0.242. The lowest BCUT2D eigenvalue weighted by atomic mass is 9.94. The molecule has 0 aromatic heterocycles. The van der Waals surface area contributed by atoms with E-state index in [1.807, 2.05) is 6.92 Å². The third-order valence-corrected chi connectivity index (χ3v) is 3.54. The topological polar surface area (TPSA) is 67.6 Å². The lowest BCUT2D eigenvalue weighted by molar-refractivity contribution is -0.124. The van der Waals surface area contributed by atoms with Gasteiger partial charge in [-0.05, 0) is 46.2 Å². The predicted octanol–water partition coefficient (Wildman–Crippen LogP) is 0.341. The van der Waals surface area contributed by atoms with Crippen LogP contribution in [0.15, 0.2) is 0 Å². The fourth-order valence-electron chi connectivity index (χ4n) is 2.01. The van der Waals surface area contributed by atoms with Crippen molar-refractivity contribution >= 4 is 5.91 Å². The van der Waals surface area contributed by atoms with Gasteiger partial charge in [0.05, 0.1) is 12.1 Å². The molecule has 1 saturated carbocycles. The first kappa shape index (κ1) is 15.4. The summed E-state index contributed by atoms with van der Waals surface area (Å²) in [6.07, 6.45) is 4.07. The summed E-state index contributed by atoms with van der Waals surface area (Å²) in [4.78, 5) is 13.8. The second-order valence-electron chi connectivity index (χ2n) is 5.51. The van der Waals surface area contributed by atoms with Crippen molar-refractivity contribution in [2.45, 2.75) is 44.2 Å². The molecule has 0 aromatic carbocycles. The maximum absolute atomic E-state index is 11.6. The summed E-state index contributed by atoms with van der Waals surface area (Å²) in [5.41, 5.74) is 4.96. The van der Waals surface area contributed by atoms with E-state index in [0.29, 0.717) is 6.04 Å². The van der Waals surface area contributed by atoms with Gasteiger partial charge < -0.3 is 20.7 Å². The predicted molar refractivity (Wildman–Crippen MR) is 72.4 cm³/mol. The minimum Gasteiger partial charge on any atom is -0.383 e. The van der Waals surface area contributed by atoms with Crippen LogP contribution < -0.4 is 11.1 Å². The number of ether oxygens (including phenoxy) is 1. The molecule has 0 spiro atoms. The van der Waals surface area contributed by atoms with E-state index in [1.165, 1.54) is 0 Å². The molecule has 1 aliphatic rings. The van der Waals surface area contributed by atoms with E-state index in [2.05, 4.69) is 17.3 Å². The molecular weight excluding hydrogens is 230 g/mol. The van der Waals surface area contributed by atoms with Gasteiger partial charge in [-0.1, -0.05) is 0 Å². The maximum Gasteiger partial charge on any atom is 0.237 e. The number of methoxy groups -OCH3 is 1. The van der Waals surface area contributed by atoms with Gasteiger partial charge in [0.25, 0.3) is 0 Å². The molecule has 0 saturated heterocycles. The summed E-state index contributed by atoms with van der Waals surface area (Å²) >= 11 is 0. The Hall–Kier alpha value is -0.650. The van der Waals surface area contributed by atoms with Crippen LogP contribution in [0.2, 0.25) is 0 Å². The smallest absolute Gasteiger partial charge is 0.237 e. The van der Waals surface area contributed by atoms with Crippen LogP contribution in [0.1, 0.15) is 32.6 Å². The van der Waals surface area contributed by atoms with E-state index in [0.717, 1.165) is 45.4 Å². The van der Waals surface area contributed by atoms with Gasteiger partial charge in [0.2, 0.25) is 5.91 Å². The maximum atomic E-state index is 11.6. The average Bonchev–Trinajstić information content (AvgIpc) is 3.09. The number of hydrogen-bond acceptors (Lipinski definition) is 4. The molecule has 0 radical (unpaired) electrons. The molecule has 1 fully saturated rings. The average molecular weight is 257 g/mol. The number of nitrogens with one attached hydrogen (secondary N) is 1. The first-order valence-electron chi connectivity index (χ1n) is 6.73. The molecule has 1 aliphatic carbocycles. The van der Waals surface area contributed by atoms with Gasteiger partial charge in [-0.3, -0.25) is 4.79 Å². The van der Waals surface area contributed by atoms with E-state index < -0.39 is 5.54 Å². The number of likely N-dealkylation sites (N-methyl/N-ethyl adjacent to an activating group) is 1. The molecule has 18 heavy (non-hydrogen) atoms. The fourth-order valence-corrected chi connectivity index (χ4v) is 2.01. The highest BCUT2D eigenvalue weighted by atomic mass is 16.5. The number of amides is 1. The lowest BCUT2D eigenvalue weighted by Crippen LogP contribution is -2.54. The zero-order chi connectivity index (χ0) is 13.6. The highest BCUT2D eigenvalue weighted by Gasteiger charge is 2.36. The van der Waals surface area contributed by atoms with Crippen molar-refractivity contribution < 1.29 is 9.53 Å². The monoisotopic (exact) mass is 257 g/mol. The van der Waals surface area contributed by atoms with Gasteiger partial charge in [-0.15, -0.1) is 0 Å². The van der Waals surface area contributed by atoms with Crippen LogP contribution in [0.25, 0.3) is 0 Å². The molecular formula is C13H27N3O2. The molecule has 0 bridgehead atoms. The van der Waals surface area contributed by atoms with Gasteiger partial charge >= 0.3 is 0 Å². The third kappa shape index (κ3) is 5.33. The molecule has 3 N–H and O–H groups in total. The van der Waals surface area contributed by atoms with Crippen LogP contribution in [-0.4, -0.2) is 56.2 Å². The van der Waals surface area contributed by atoms with Crippen molar-refractivity contribution in [3.05, 3.63) is 0 Å². The van der Waals surface area contributed by atoms with Gasteiger partial charge in [0, 0.05) is 19.7 Å². The first-order chi connectivity index (χ1) is 8.48. The highest BCUT2D eigenvalue weighted by molar-refractivity contribution is 5.84. The van der Waals surface area contributed by atoms with Crippen LogP contribution in [0.5, 0.6) is 0 Å². The summed E-state index contributed by atoms with van der Waals surface area (Å²) < 4.78 is 5.03. The van der Waals surface area contributed by atoms with Crippen LogP contribution in [0, 0.1) is 0 Å². The second-order valence-corrected chi connectivity index (χ2v) is 5.51. The van der Waals surface area contributed by atoms with Crippen molar-refractivity contribution in [2.24, 2.45) is 5.73 Å². The Balaban J connectivity index is 2.26. The van der Waals surface area contributed by atoms with Gasteiger partial charge in [-0.2, -0.15) is 0 Å². The number of carbonyl (C=O) groups is 1. The Morgan fingerprint density at radius 2 is 2.17 bits per heavy atom. The molecule has 0 aliphatic heterocycles. The molecule has 1 rings (SSSR count). The zero-order valence-corrected chi connectivity index (χ0v) is 11.9. The summed E-state index contributed by atoms with van der Waals surface area (Å²) in [6.45, 7) is 4.53. The Kier molecular flexibility index (Phi) is 6.05. The number of nitrogens with zero attached hydrogens (tertiary/aromatic N) is 1. The van der Waals surface area contributed by atoms with E-state index in [9.17, 15) is 4.79 Å². The SMILES string of the molecule is COCCN(C)CCCC(C)(NC1CC1)C(N)=O. The molecule has 0 aromatic rings. The number of nitrogens with two attached hydrogens (primary N) is 1. The lowest BCUT2D eigenvalue weighted by Gasteiger charge is -2.28. The first-order valence-corrected chi connectivity index (χ1v) is 6.73. The Labute approximate surface area is 110 Å². The van der Waals surface area contributed by atoms with Crippen LogP contribution >= 0.6 is 0 Å². The van der Waals surface area contributed by atoms with E-state index in [-0.39, 0.29) is 5.91 Å². The molecule has 106 valence electrons. The Morgan fingerprint density at radius 3 is 2.67 bits per heavy atom. The van der Waals surface area contributed by atoms with Crippen molar-refractivity contribution in [1.82, 2.24) is 10.2 Å². The van der Waals surface area contributed by atoms with Crippen molar-refractivity contribution in [1.29, 1.82) is 0 Å². The standard InChI is InChI=1S/C13H27N3O2/c1-13(12(14)17,15-11-5-6-11)7-4-8-16(2)9-10-18-3/h11,15H,4-10H2,1-3H3,(H2,14,17). The van der Waals surface area contributed by atoms with E-state index in [1.54, 1.807) is 7.11 Å². The normalized spacial score (nSPS) is 18.9. The van der Waals surface area contributed by atoms with Crippen molar-refractivity contribution in [3.63, 3.8) is 0 Å². The molecule has 1 unspecified atom stereocenters. The zero-order valence-electron chi connectivity index (χ0n) is 11.9. The quantitative estimate of drug-likeness (QED) is 0.592. The van der Waals surface area contributed by atoms with Crippen molar-refractivity contribution in [3.8, 4) is 0 Å². The van der Waals surface area contributed by atoms with Crippen LogP contribution in [0.3, 0.4) is 0 Å². The van der Waals surface area contributed by atoms with Gasteiger partial charge in [0.15, 0.2) is 0 Å². The summed E-state index contributed by atoms with van der Waals surface area (Å²) in [6, 6.07) is 0.494. The molecule has 5 heteroatoms. The number of carbonyl (C=O) groups excluding carboxylic acids is 1. The molecule has 1 atom stereocenters. The molecule has 5 nitrogen and oxygen atoms in total. The number of rotatable bonds is 10. The van der Waals surface area contributed by atoms with Gasteiger partial charge in [0.1, 0.15) is 0 Å². The molecule has 1 amide bonds. The van der Waals surface area contributed by atoms with Gasteiger partial charge in [-0.25, -0.2) is 0 Å². The second kappa shape index (κ2) is 7.07. The largest absolute Gasteiger partial charge is 0.383 e. The number of primary amides is 1. The summed E-state index contributed by atoms with van der Waals surface area (Å²) in [5, 5.41) is 3.37. The summed E-state index contributed by atoms with van der Waals surface area (Å²) in [5.74, 6) is -0.242.